The van der Waals surface area contributed by atoms with Crippen molar-refractivity contribution < 1.29 is 18.8 Å². The number of ether oxygens (including phenoxy) is 2. The van der Waals surface area contributed by atoms with Crippen molar-refractivity contribution in [1.29, 1.82) is 0 Å². The summed E-state index contributed by atoms with van der Waals surface area (Å²) >= 11 is 0. The standard InChI is InChI=1S/C23H24N4O4/c1-15-19(22-25-21(26-31-22)17-10-7-11-18(14-17)30-3)20(16-8-5-4-6-9-16)24-23(28)27(15)12-13-29-2/h4-11,14,20H,12-13H2,1-3H3,(H,24,28). The maximum Gasteiger partial charge on any atom is 0.322 e. The number of methoxy groups -OCH3 is 2. The SMILES string of the molecule is COCCN1C(=O)NC(c2ccccc2)C(c2nc(-c3cccc(OC)c3)no2)=C1C. The zero-order chi connectivity index (χ0) is 21.8. The molecule has 1 unspecified atom stereocenters. The lowest BCUT2D eigenvalue weighted by Crippen LogP contribution is -2.47. The van der Waals surface area contributed by atoms with Crippen LogP contribution in [0.15, 0.2) is 64.8 Å². The quantitative estimate of drug-likeness (QED) is 0.624. The Morgan fingerprint density at radius 1 is 1.13 bits per heavy atom. The summed E-state index contributed by atoms with van der Waals surface area (Å²) in [6.07, 6.45) is 0. The molecule has 160 valence electrons. The molecule has 0 radical (unpaired) electrons. The van der Waals surface area contributed by atoms with Crippen molar-refractivity contribution in [3.8, 4) is 17.1 Å². The van der Waals surface area contributed by atoms with Crippen molar-refractivity contribution in [2.24, 2.45) is 0 Å². The van der Waals surface area contributed by atoms with E-state index in [9.17, 15) is 4.79 Å². The third kappa shape index (κ3) is 4.15. The van der Waals surface area contributed by atoms with Crippen molar-refractivity contribution >= 4 is 11.6 Å². The summed E-state index contributed by atoms with van der Waals surface area (Å²) in [4.78, 5) is 19.1. The molecule has 2 aromatic carbocycles. The molecule has 0 saturated heterocycles. The van der Waals surface area contributed by atoms with Gasteiger partial charge in [-0.2, -0.15) is 4.98 Å². The number of rotatable bonds is 7. The average molecular weight is 420 g/mol. The molecular weight excluding hydrogens is 396 g/mol. The number of benzene rings is 2. The van der Waals surface area contributed by atoms with Gasteiger partial charge in [-0.3, -0.25) is 4.90 Å². The Kier molecular flexibility index (Phi) is 5.99. The lowest BCUT2D eigenvalue weighted by atomic mass is 9.95. The van der Waals surface area contributed by atoms with E-state index < -0.39 is 6.04 Å². The van der Waals surface area contributed by atoms with Gasteiger partial charge in [0.15, 0.2) is 0 Å². The van der Waals surface area contributed by atoms with Crippen LogP contribution in [0.25, 0.3) is 17.0 Å². The Hall–Kier alpha value is -3.65. The number of aromatic nitrogens is 2. The van der Waals surface area contributed by atoms with Crippen molar-refractivity contribution in [1.82, 2.24) is 20.4 Å². The summed E-state index contributed by atoms with van der Waals surface area (Å²) in [7, 11) is 3.21. The monoisotopic (exact) mass is 420 g/mol. The predicted octanol–water partition coefficient (Wildman–Crippen LogP) is 3.89. The van der Waals surface area contributed by atoms with Gasteiger partial charge in [-0.1, -0.05) is 47.6 Å². The minimum atomic E-state index is -0.411. The van der Waals surface area contributed by atoms with Crippen LogP contribution in [0.3, 0.4) is 0 Å². The number of nitrogens with one attached hydrogen (secondary N) is 1. The van der Waals surface area contributed by atoms with E-state index in [0.717, 1.165) is 22.4 Å². The maximum atomic E-state index is 12.8. The number of carbonyl (C=O) groups excluding carboxylic acids is 1. The number of urea groups is 1. The van der Waals surface area contributed by atoms with Gasteiger partial charge in [0.05, 0.1) is 31.9 Å². The van der Waals surface area contributed by atoms with Crippen LogP contribution >= 0.6 is 0 Å². The normalized spacial score (nSPS) is 16.4. The largest absolute Gasteiger partial charge is 0.497 e. The third-order valence-electron chi connectivity index (χ3n) is 5.23. The molecule has 2 heterocycles. The van der Waals surface area contributed by atoms with Crippen LogP contribution in [0.2, 0.25) is 0 Å². The van der Waals surface area contributed by atoms with Gasteiger partial charge in [-0.25, -0.2) is 4.79 Å². The molecule has 31 heavy (non-hydrogen) atoms. The van der Waals surface area contributed by atoms with E-state index in [0.29, 0.717) is 30.6 Å². The first-order valence-electron chi connectivity index (χ1n) is 9.93. The van der Waals surface area contributed by atoms with Crippen molar-refractivity contribution in [3.05, 3.63) is 71.7 Å². The Balaban J connectivity index is 1.78. The average Bonchev–Trinajstić information content (AvgIpc) is 3.29. The number of nitrogens with zero attached hydrogens (tertiary/aromatic N) is 3. The fourth-order valence-electron chi connectivity index (χ4n) is 3.62. The fourth-order valence-corrected chi connectivity index (χ4v) is 3.62. The number of amides is 2. The maximum absolute atomic E-state index is 12.8. The Labute approximate surface area is 180 Å². The molecule has 4 rings (SSSR count). The van der Waals surface area contributed by atoms with Crippen molar-refractivity contribution in [2.45, 2.75) is 13.0 Å². The molecule has 0 spiro atoms. The van der Waals surface area contributed by atoms with Crippen LogP contribution in [0.5, 0.6) is 5.75 Å². The molecule has 0 fully saturated rings. The Bertz CT molecular complexity index is 1090. The summed E-state index contributed by atoms with van der Waals surface area (Å²) in [5.74, 6) is 1.50. The lowest BCUT2D eigenvalue weighted by molar-refractivity contribution is 0.158. The lowest BCUT2D eigenvalue weighted by Gasteiger charge is -2.35. The molecule has 2 amide bonds. The highest BCUT2D eigenvalue weighted by Crippen LogP contribution is 2.37. The van der Waals surface area contributed by atoms with Gasteiger partial charge in [0.2, 0.25) is 5.82 Å². The summed E-state index contributed by atoms with van der Waals surface area (Å²) in [6.45, 7) is 2.71. The van der Waals surface area contributed by atoms with E-state index in [1.807, 2.05) is 61.5 Å². The number of hydrogen-bond acceptors (Lipinski definition) is 6. The van der Waals surface area contributed by atoms with Crippen LogP contribution in [0.1, 0.15) is 24.4 Å². The Morgan fingerprint density at radius 3 is 2.68 bits per heavy atom. The first kappa shape index (κ1) is 20.6. The summed E-state index contributed by atoms with van der Waals surface area (Å²) in [5.41, 5.74) is 3.21. The minimum absolute atomic E-state index is 0.195. The highest BCUT2D eigenvalue weighted by Gasteiger charge is 2.35. The predicted molar refractivity (Wildman–Crippen MR) is 115 cm³/mol. The van der Waals surface area contributed by atoms with E-state index in [1.54, 1.807) is 19.1 Å². The van der Waals surface area contributed by atoms with E-state index in [4.69, 9.17) is 14.0 Å². The van der Waals surface area contributed by atoms with Crippen LogP contribution in [-0.2, 0) is 4.74 Å². The van der Waals surface area contributed by atoms with Gasteiger partial charge < -0.3 is 19.3 Å². The fraction of sp³-hybridized carbons (Fsp3) is 0.261. The third-order valence-corrected chi connectivity index (χ3v) is 5.23. The second-order valence-electron chi connectivity index (χ2n) is 7.09. The minimum Gasteiger partial charge on any atom is -0.497 e. The van der Waals surface area contributed by atoms with Gasteiger partial charge in [0.25, 0.3) is 5.89 Å². The van der Waals surface area contributed by atoms with Gasteiger partial charge in [-0.05, 0) is 24.6 Å². The van der Waals surface area contributed by atoms with Gasteiger partial charge >= 0.3 is 6.03 Å². The van der Waals surface area contributed by atoms with Crippen molar-refractivity contribution in [2.75, 3.05) is 27.4 Å². The topological polar surface area (TPSA) is 89.7 Å². The second-order valence-corrected chi connectivity index (χ2v) is 7.09. The Morgan fingerprint density at radius 2 is 1.94 bits per heavy atom. The molecule has 3 aromatic rings. The molecule has 1 atom stereocenters. The highest BCUT2D eigenvalue weighted by molar-refractivity contribution is 5.86. The van der Waals surface area contributed by atoms with Gasteiger partial charge in [0.1, 0.15) is 5.75 Å². The van der Waals surface area contributed by atoms with Gasteiger partial charge in [-0.15, -0.1) is 0 Å². The van der Waals surface area contributed by atoms with Crippen LogP contribution in [-0.4, -0.2) is 48.4 Å². The number of carbonyl (C=O) groups is 1. The number of hydrogen-bond donors (Lipinski definition) is 1. The summed E-state index contributed by atoms with van der Waals surface area (Å²) in [5, 5.41) is 7.24. The second kappa shape index (κ2) is 9.01. The number of allylic oxidation sites excluding steroid dienone is 1. The van der Waals surface area contributed by atoms with Crippen LogP contribution in [0, 0.1) is 0 Å². The van der Waals surface area contributed by atoms with E-state index in [1.165, 1.54) is 0 Å². The van der Waals surface area contributed by atoms with E-state index >= 15 is 0 Å². The molecule has 8 heteroatoms. The molecular formula is C23H24N4O4. The van der Waals surface area contributed by atoms with Gasteiger partial charge in [0, 0.05) is 18.4 Å². The summed E-state index contributed by atoms with van der Waals surface area (Å²) < 4.78 is 16.1. The zero-order valence-corrected chi connectivity index (χ0v) is 17.7. The molecule has 8 nitrogen and oxygen atoms in total. The first-order valence-corrected chi connectivity index (χ1v) is 9.93. The molecule has 1 aliphatic rings. The van der Waals surface area contributed by atoms with E-state index in [2.05, 4.69) is 15.5 Å². The summed E-state index contributed by atoms with van der Waals surface area (Å²) in [6, 6.07) is 16.6. The first-order chi connectivity index (χ1) is 15.1. The molecule has 0 aliphatic carbocycles. The molecule has 0 saturated carbocycles. The molecule has 1 aromatic heterocycles. The van der Waals surface area contributed by atoms with Crippen molar-refractivity contribution in [3.63, 3.8) is 0 Å². The molecule has 1 aliphatic heterocycles. The molecule has 1 N–H and O–H groups in total. The molecule has 0 bridgehead atoms. The van der Waals surface area contributed by atoms with Crippen LogP contribution < -0.4 is 10.1 Å². The smallest absolute Gasteiger partial charge is 0.322 e. The zero-order valence-electron chi connectivity index (χ0n) is 17.7. The highest BCUT2D eigenvalue weighted by atomic mass is 16.5. The van der Waals surface area contributed by atoms with Crippen LogP contribution in [0.4, 0.5) is 4.79 Å². The van der Waals surface area contributed by atoms with E-state index in [-0.39, 0.29) is 6.03 Å².